The predicted octanol–water partition coefficient (Wildman–Crippen LogP) is 1.95. The van der Waals surface area contributed by atoms with Gasteiger partial charge in [0.1, 0.15) is 5.82 Å². The van der Waals surface area contributed by atoms with Gasteiger partial charge in [-0.3, -0.25) is 4.72 Å². The molecule has 0 aliphatic carbocycles. The fraction of sp³-hybridized carbons (Fsp3) is 0.500. The normalized spacial score (nSPS) is 20.9. The molecule has 1 aromatic carbocycles. The Morgan fingerprint density at radius 3 is 2.90 bits per heavy atom. The fourth-order valence-corrected chi connectivity index (χ4v) is 3.88. The number of benzene rings is 1. The van der Waals surface area contributed by atoms with Crippen LogP contribution in [0.5, 0.6) is 0 Å². The largest absolute Gasteiger partial charge is 0.396 e. The molecule has 1 aliphatic heterocycles. The molecule has 0 radical (unpaired) electrons. The maximum Gasteiger partial charge on any atom is 0.301 e. The van der Waals surface area contributed by atoms with Crippen LogP contribution in [0.25, 0.3) is 0 Å². The highest BCUT2D eigenvalue weighted by atomic mass is 79.9. The van der Waals surface area contributed by atoms with Crippen molar-refractivity contribution >= 4 is 31.8 Å². The Balaban J connectivity index is 2.12. The van der Waals surface area contributed by atoms with Gasteiger partial charge in [-0.1, -0.05) is 0 Å². The molecule has 1 atom stereocenters. The van der Waals surface area contributed by atoms with E-state index in [4.69, 9.17) is 5.11 Å². The van der Waals surface area contributed by atoms with Gasteiger partial charge in [-0.2, -0.15) is 12.7 Å². The van der Waals surface area contributed by atoms with Crippen LogP contribution >= 0.6 is 15.9 Å². The number of rotatable bonds is 4. The van der Waals surface area contributed by atoms with Crippen LogP contribution in [0.1, 0.15) is 12.8 Å². The van der Waals surface area contributed by atoms with Crippen molar-refractivity contribution in [1.29, 1.82) is 0 Å². The summed E-state index contributed by atoms with van der Waals surface area (Å²) in [7, 11) is -3.68. The number of hydrogen-bond acceptors (Lipinski definition) is 3. The molecular weight excluding hydrogens is 351 g/mol. The standard InChI is InChI=1S/C12H16BrFN2O3S/c13-11-6-10(3-4-12(11)14)15-20(18,19)16-5-1-2-9(7-16)8-17/h3-4,6,9,15,17H,1-2,5,7-8H2. The van der Waals surface area contributed by atoms with E-state index in [0.29, 0.717) is 18.8 Å². The molecule has 0 aromatic heterocycles. The minimum atomic E-state index is -3.68. The lowest BCUT2D eigenvalue weighted by molar-refractivity contribution is 0.166. The van der Waals surface area contributed by atoms with Gasteiger partial charge in [-0.15, -0.1) is 0 Å². The number of anilines is 1. The van der Waals surface area contributed by atoms with E-state index in [-0.39, 0.29) is 17.0 Å². The van der Waals surface area contributed by atoms with Crippen molar-refractivity contribution < 1.29 is 17.9 Å². The lowest BCUT2D eigenvalue weighted by Crippen LogP contribution is -2.43. The van der Waals surface area contributed by atoms with Crippen molar-refractivity contribution in [3.63, 3.8) is 0 Å². The number of nitrogens with zero attached hydrogens (tertiary/aromatic N) is 1. The van der Waals surface area contributed by atoms with Crippen molar-refractivity contribution in [2.75, 3.05) is 24.4 Å². The monoisotopic (exact) mass is 366 g/mol. The third-order valence-corrected chi connectivity index (χ3v) is 5.36. The van der Waals surface area contributed by atoms with Gasteiger partial charge in [-0.05, 0) is 52.9 Å². The van der Waals surface area contributed by atoms with E-state index in [1.165, 1.54) is 22.5 Å². The molecule has 1 aliphatic rings. The van der Waals surface area contributed by atoms with Crippen LogP contribution in [0.2, 0.25) is 0 Å². The zero-order valence-electron chi connectivity index (χ0n) is 10.7. The van der Waals surface area contributed by atoms with E-state index in [9.17, 15) is 12.8 Å². The van der Waals surface area contributed by atoms with Gasteiger partial charge in [0.25, 0.3) is 0 Å². The van der Waals surface area contributed by atoms with Crippen molar-refractivity contribution in [2.45, 2.75) is 12.8 Å². The van der Waals surface area contributed by atoms with Crippen molar-refractivity contribution in [3.05, 3.63) is 28.5 Å². The first-order valence-corrected chi connectivity index (χ1v) is 8.49. The van der Waals surface area contributed by atoms with Crippen molar-refractivity contribution in [1.82, 2.24) is 4.31 Å². The third-order valence-electron chi connectivity index (χ3n) is 3.25. The van der Waals surface area contributed by atoms with Gasteiger partial charge < -0.3 is 5.11 Å². The Bertz CT molecular complexity index is 582. The molecule has 2 N–H and O–H groups in total. The first kappa shape index (κ1) is 15.7. The highest BCUT2D eigenvalue weighted by Gasteiger charge is 2.28. The highest BCUT2D eigenvalue weighted by molar-refractivity contribution is 9.10. The number of piperidine rings is 1. The molecule has 0 bridgehead atoms. The van der Waals surface area contributed by atoms with Gasteiger partial charge in [0.15, 0.2) is 0 Å². The smallest absolute Gasteiger partial charge is 0.301 e. The first-order chi connectivity index (χ1) is 9.42. The molecule has 0 amide bonds. The van der Waals surface area contributed by atoms with Gasteiger partial charge in [-0.25, -0.2) is 4.39 Å². The van der Waals surface area contributed by atoms with E-state index >= 15 is 0 Å². The second-order valence-electron chi connectivity index (χ2n) is 4.78. The van der Waals surface area contributed by atoms with Crippen molar-refractivity contribution in [2.24, 2.45) is 5.92 Å². The number of aliphatic hydroxyl groups excluding tert-OH is 1. The predicted molar refractivity (Wildman–Crippen MR) is 78.0 cm³/mol. The minimum Gasteiger partial charge on any atom is -0.396 e. The van der Waals surface area contributed by atoms with E-state index in [2.05, 4.69) is 20.7 Å². The van der Waals surface area contributed by atoms with Crippen LogP contribution in [-0.4, -0.2) is 37.5 Å². The molecule has 2 rings (SSSR count). The van der Waals surface area contributed by atoms with Crippen LogP contribution in [0, 0.1) is 11.7 Å². The average molecular weight is 367 g/mol. The Kier molecular flexibility index (Phi) is 5.00. The summed E-state index contributed by atoms with van der Waals surface area (Å²) < 4.78 is 41.5. The Labute approximate surface area is 126 Å². The van der Waals surface area contributed by atoms with E-state index in [0.717, 1.165) is 12.8 Å². The summed E-state index contributed by atoms with van der Waals surface area (Å²) >= 11 is 3.01. The van der Waals surface area contributed by atoms with Crippen LogP contribution in [0.15, 0.2) is 22.7 Å². The number of hydrogen-bond donors (Lipinski definition) is 2. The van der Waals surface area contributed by atoms with Gasteiger partial charge in [0, 0.05) is 19.7 Å². The Morgan fingerprint density at radius 1 is 1.50 bits per heavy atom. The molecular formula is C12H16BrFN2O3S. The molecule has 1 aromatic rings. The van der Waals surface area contributed by atoms with E-state index < -0.39 is 16.0 Å². The lowest BCUT2D eigenvalue weighted by atomic mass is 10.0. The highest BCUT2D eigenvalue weighted by Crippen LogP contribution is 2.23. The van der Waals surface area contributed by atoms with Gasteiger partial charge in [0.05, 0.1) is 10.2 Å². The molecule has 1 saturated heterocycles. The van der Waals surface area contributed by atoms with Crippen LogP contribution in [-0.2, 0) is 10.2 Å². The summed E-state index contributed by atoms with van der Waals surface area (Å²) in [6.07, 6.45) is 1.55. The Morgan fingerprint density at radius 2 is 2.25 bits per heavy atom. The Hall–Kier alpha value is -0.700. The fourth-order valence-electron chi connectivity index (χ4n) is 2.17. The zero-order valence-corrected chi connectivity index (χ0v) is 13.1. The lowest BCUT2D eigenvalue weighted by Gasteiger charge is -2.31. The molecule has 0 spiro atoms. The quantitative estimate of drug-likeness (QED) is 0.855. The van der Waals surface area contributed by atoms with Gasteiger partial charge in [0.2, 0.25) is 0 Å². The second-order valence-corrected chi connectivity index (χ2v) is 7.31. The molecule has 20 heavy (non-hydrogen) atoms. The molecule has 0 saturated carbocycles. The maximum absolute atomic E-state index is 13.1. The van der Waals surface area contributed by atoms with Crippen LogP contribution in [0.3, 0.4) is 0 Å². The zero-order chi connectivity index (χ0) is 14.8. The van der Waals surface area contributed by atoms with E-state index in [1.54, 1.807) is 0 Å². The summed E-state index contributed by atoms with van der Waals surface area (Å²) in [4.78, 5) is 0. The molecule has 5 nitrogen and oxygen atoms in total. The minimum absolute atomic E-state index is 0.0197. The summed E-state index contributed by atoms with van der Waals surface area (Å²) in [5.74, 6) is -0.480. The van der Waals surface area contributed by atoms with Gasteiger partial charge >= 0.3 is 10.2 Å². The average Bonchev–Trinajstić information content (AvgIpc) is 2.43. The first-order valence-electron chi connectivity index (χ1n) is 6.26. The van der Waals surface area contributed by atoms with Crippen LogP contribution in [0.4, 0.5) is 10.1 Å². The molecule has 1 heterocycles. The number of aliphatic hydroxyl groups is 1. The summed E-state index contributed by atoms with van der Waals surface area (Å²) in [5, 5.41) is 9.14. The van der Waals surface area contributed by atoms with Crippen molar-refractivity contribution in [3.8, 4) is 0 Å². The maximum atomic E-state index is 13.1. The third kappa shape index (κ3) is 3.69. The topological polar surface area (TPSA) is 69.6 Å². The number of halogens is 2. The molecule has 1 unspecified atom stereocenters. The molecule has 1 fully saturated rings. The van der Waals surface area contributed by atoms with E-state index in [1.807, 2.05) is 0 Å². The summed E-state index contributed by atoms with van der Waals surface area (Å²) in [5.41, 5.74) is 0.296. The van der Waals surface area contributed by atoms with Crippen LogP contribution < -0.4 is 4.72 Å². The molecule has 112 valence electrons. The number of nitrogens with one attached hydrogen (secondary N) is 1. The summed E-state index contributed by atoms with van der Waals surface area (Å²) in [6.45, 7) is 0.705. The molecule has 8 heteroatoms. The second kappa shape index (κ2) is 6.38. The SMILES string of the molecule is O=S(=O)(Nc1ccc(F)c(Br)c1)N1CCCC(CO)C1. The summed E-state index contributed by atoms with van der Waals surface area (Å²) in [6, 6.07) is 3.93.